The van der Waals surface area contributed by atoms with E-state index in [4.69, 9.17) is 18.9 Å². The zero-order valence-electron chi connectivity index (χ0n) is 19.1. The molecule has 7 heteroatoms. The minimum Gasteiger partial charge on any atom is -0.392 e. The molecule has 0 aromatic carbocycles. The van der Waals surface area contributed by atoms with Gasteiger partial charge in [0.25, 0.3) is 0 Å². The third kappa shape index (κ3) is 1.80. The van der Waals surface area contributed by atoms with Crippen LogP contribution in [0.15, 0.2) is 0 Å². The Morgan fingerprint density at radius 1 is 1.16 bits per heavy atom. The lowest BCUT2D eigenvalue weighted by Gasteiger charge is -2.75. The second-order valence-electron chi connectivity index (χ2n) is 11.7. The van der Waals surface area contributed by atoms with E-state index in [1.54, 1.807) is 14.2 Å². The van der Waals surface area contributed by atoms with Crippen molar-refractivity contribution in [2.75, 3.05) is 34.5 Å². The number of nitrogens with zero attached hydrogens (tertiary/aromatic N) is 1. The summed E-state index contributed by atoms with van der Waals surface area (Å²) in [5.41, 5.74) is -1.19. The Hall–Kier alpha value is -0.280. The van der Waals surface area contributed by atoms with Gasteiger partial charge in [0, 0.05) is 68.3 Å². The van der Waals surface area contributed by atoms with Crippen LogP contribution in [-0.4, -0.2) is 91.9 Å². The number of piperidine rings is 1. The van der Waals surface area contributed by atoms with Crippen molar-refractivity contribution in [3.05, 3.63) is 0 Å². The van der Waals surface area contributed by atoms with Crippen LogP contribution in [0.1, 0.15) is 32.6 Å². The summed E-state index contributed by atoms with van der Waals surface area (Å²) in [6.07, 6.45) is 3.17. The van der Waals surface area contributed by atoms with Crippen LogP contribution in [0.25, 0.3) is 0 Å². The number of methoxy groups -OCH3 is 3. The van der Waals surface area contributed by atoms with Crippen LogP contribution in [0.3, 0.4) is 0 Å². The Bertz CT molecular complexity index is 792. The van der Waals surface area contributed by atoms with E-state index in [0.717, 1.165) is 25.8 Å². The van der Waals surface area contributed by atoms with Gasteiger partial charge in [0.05, 0.1) is 36.6 Å². The molecule has 4 aliphatic heterocycles. The highest BCUT2D eigenvalue weighted by atomic mass is 16.5. The second kappa shape index (κ2) is 6.04. The molecule has 9 rings (SSSR count). The molecule has 5 aliphatic carbocycles. The average Bonchev–Trinajstić information content (AvgIpc) is 3.20. The lowest BCUT2D eigenvalue weighted by atomic mass is 9.41. The van der Waals surface area contributed by atoms with Gasteiger partial charge in [-0.15, -0.1) is 0 Å². The van der Waals surface area contributed by atoms with Crippen molar-refractivity contribution in [1.82, 2.24) is 4.90 Å². The van der Waals surface area contributed by atoms with E-state index in [0.29, 0.717) is 18.9 Å². The predicted octanol–water partition coefficient (Wildman–Crippen LogP) is 0.866. The first-order valence-electron chi connectivity index (χ1n) is 12.3. The van der Waals surface area contributed by atoms with Crippen molar-refractivity contribution in [3.8, 4) is 0 Å². The van der Waals surface area contributed by atoms with Crippen LogP contribution < -0.4 is 0 Å². The van der Waals surface area contributed by atoms with Gasteiger partial charge in [-0.25, -0.2) is 0 Å². The number of fused-ring (bicyclic) bond motifs is 3. The smallest absolute Gasteiger partial charge is 0.119 e. The van der Waals surface area contributed by atoms with Gasteiger partial charge in [-0.3, -0.25) is 4.90 Å². The number of rotatable bonds is 5. The maximum Gasteiger partial charge on any atom is 0.119 e. The fourth-order valence-electron chi connectivity index (χ4n) is 11.2. The Morgan fingerprint density at radius 3 is 2.65 bits per heavy atom. The zero-order valence-corrected chi connectivity index (χ0v) is 19.1. The van der Waals surface area contributed by atoms with E-state index in [2.05, 4.69) is 11.8 Å². The van der Waals surface area contributed by atoms with E-state index >= 15 is 0 Å². The zero-order chi connectivity index (χ0) is 21.5. The summed E-state index contributed by atoms with van der Waals surface area (Å²) in [6, 6.07) is 0.231. The molecule has 4 heterocycles. The van der Waals surface area contributed by atoms with Crippen molar-refractivity contribution < 1.29 is 29.2 Å². The van der Waals surface area contributed by atoms with E-state index in [-0.39, 0.29) is 65.1 Å². The molecule has 1 spiro atoms. The van der Waals surface area contributed by atoms with Crippen LogP contribution in [0, 0.1) is 40.4 Å². The van der Waals surface area contributed by atoms with Crippen LogP contribution in [0.5, 0.6) is 0 Å². The topological polar surface area (TPSA) is 80.6 Å². The first kappa shape index (κ1) is 20.1. The average molecular weight is 436 g/mol. The Labute approximate surface area is 184 Å². The number of ether oxygens (including phenoxy) is 4. The van der Waals surface area contributed by atoms with Gasteiger partial charge in [-0.05, 0) is 31.7 Å². The molecule has 4 saturated heterocycles. The molecule has 2 N–H and O–H groups in total. The fraction of sp³-hybridized carbons (Fsp3) is 1.00. The molecule has 0 amide bonds. The Kier molecular flexibility index (Phi) is 3.92. The van der Waals surface area contributed by atoms with Gasteiger partial charge in [0.1, 0.15) is 6.23 Å². The highest BCUT2D eigenvalue weighted by Gasteiger charge is 2.90. The van der Waals surface area contributed by atoms with Crippen molar-refractivity contribution in [3.63, 3.8) is 0 Å². The lowest BCUT2D eigenvalue weighted by molar-refractivity contribution is -0.401. The fourth-order valence-corrected chi connectivity index (χ4v) is 11.2. The molecule has 5 saturated carbocycles. The van der Waals surface area contributed by atoms with Crippen molar-refractivity contribution in [2.24, 2.45) is 40.4 Å². The molecule has 9 aliphatic rings. The van der Waals surface area contributed by atoms with Gasteiger partial charge in [-0.2, -0.15) is 0 Å². The van der Waals surface area contributed by atoms with Crippen LogP contribution in [-0.2, 0) is 18.9 Å². The molecular weight excluding hydrogens is 398 g/mol. The molecule has 14 atom stereocenters. The number of aliphatic hydroxyl groups excluding tert-OH is 1. The second-order valence-corrected chi connectivity index (χ2v) is 11.7. The lowest BCUT2D eigenvalue weighted by Crippen LogP contribution is -2.83. The van der Waals surface area contributed by atoms with E-state index in [1.165, 1.54) is 0 Å². The SMILES string of the molecule is CCN1C2OC3CCC2(COC)C2C(OC)C4C1C32C1CC2C(OC)CC4(O)C1C2O. The van der Waals surface area contributed by atoms with Crippen LogP contribution in [0.4, 0.5) is 0 Å². The molecule has 14 unspecified atom stereocenters. The number of aliphatic hydroxyl groups is 2. The normalized spacial score (nSPS) is 65.0. The Morgan fingerprint density at radius 2 is 1.97 bits per heavy atom. The molecule has 0 aromatic rings. The minimum absolute atomic E-state index is 0.0256. The summed E-state index contributed by atoms with van der Waals surface area (Å²) >= 11 is 0. The highest BCUT2D eigenvalue weighted by Crippen LogP contribution is 2.82. The Balaban J connectivity index is 1.51. The molecule has 7 nitrogen and oxygen atoms in total. The van der Waals surface area contributed by atoms with Crippen LogP contribution in [0.2, 0.25) is 0 Å². The molecule has 9 bridgehead atoms. The van der Waals surface area contributed by atoms with Crippen molar-refractivity contribution in [1.29, 1.82) is 0 Å². The molecule has 0 radical (unpaired) electrons. The van der Waals surface area contributed by atoms with Gasteiger partial charge < -0.3 is 29.2 Å². The van der Waals surface area contributed by atoms with Gasteiger partial charge in [0.2, 0.25) is 0 Å². The van der Waals surface area contributed by atoms with Gasteiger partial charge >= 0.3 is 0 Å². The quantitative estimate of drug-likeness (QED) is 0.663. The summed E-state index contributed by atoms with van der Waals surface area (Å²) in [5.74, 6) is 0.458. The van der Waals surface area contributed by atoms with Crippen molar-refractivity contribution in [2.45, 2.75) is 74.9 Å². The third-order valence-electron chi connectivity index (χ3n) is 11.5. The van der Waals surface area contributed by atoms with Gasteiger partial charge in [0.15, 0.2) is 0 Å². The monoisotopic (exact) mass is 435 g/mol. The summed E-state index contributed by atoms with van der Waals surface area (Å²) in [5, 5.41) is 24.0. The summed E-state index contributed by atoms with van der Waals surface area (Å²) in [6.45, 7) is 3.78. The maximum atomic E-state index is 12.5. The minimum atomic E-state index is -0.977. The molecule has 0 aromatic heterocycles. The number of hydrogen-bond donors (Lipinski definition) is 2. The van der Waals surface area contributed by atoms with E-state index < -0.39 is 11.7 Å². The molecular formula is C24H37NO6. The molecule has 31 heavy (non-hydrogen) atoms. The van der Waals surface area contributed by atoms with E-state index in [9.17, 15) is 10.2 Å². The summed E-state index contributed by atoms with van der Waals surface area (Å²) < 4.78 is 25.0. The van der Waals surface area contributed by atoms with Gasteiger partial charge in [-0.1, -0.05) is 6.92 Å². The third-order valence-corrected chi connectivity index (χ3v) is 11.5. The maximum absolute atomic E-state index is 12.5. The highest BCUT2D eigenvalue weighted by molar-refractivity contribution is 5.38. The largest absolute Gasteiger partial charge is 0.392 e. The first-order chi connectivity index (χ1) is 15.0. The summed E-state index contributed by atoms with van der Waals surface area (Å²) in [7, 11) is 5.36. The summed E-state index contributed by atoms with van der Waals surface area (Å²) in [4.78, 5) is 2.56. The number of hydrogen-bond acceptors (Lipinski definition) is 7. The van der Waals surface area contributed by atoms with Crippen molar-refractivity contribution >= 4 is 0 Å². The standard InChI is InChI=1S/C24H37NO6/c1-5-25-20-16-18(30-4)19-22(10-28-2)7-6-14(31-21(22)25)24(19,20)12-8-11-13(29-3)9-23(16,27)15(12)17(11)26/h11-21,26-27H,5-10H2,1-4H3. The molecule has 174 valence electrons. The molecule has 9 fully saturated rings. The van der Waals surface area contributed by atoms with E-state index in [1.807, 2.05) is 7.11 Å². The predicted molar refractivity (Wildman–Crippen MR) is 110 cm³/mol. The van der Waals surface area contributed by atoms with Crippen LogP contribution >= 0.6 is 0 Å². The first-order valence-corrected chi connectivity index (χ1v) is 12.3.